The number of rotatable bonds is 7. The van der Waals surface area contributed by atoms with E-state index in [9.17, 15) is 0 Å². The molecule has 10 nitrogen and oxygen atoms in total. The van der Waals surface area contributed by atoms with Crippen LogP contribution in [0, 0.1) is 0 Å². The van der Waals surface area contributed by atoms with Crippen molar-refractivity contribution in [2.75, 3.05) is 32.4 Å². The van der Waals surface area contributed by atoms with Crippen molar-refractivity contribution in [3.8, 4) is 34.3 Å². The zero-order valence-electron chi connectivity index (χ0n) is 17.2. The molecule has 0 radical (unpaired) electrons. The average Bonchev–Trinajstić information content (AvgIpc) is 3.20. The minimum atomic E-state index is 0.282. The molecular weight excluding hydrogens is 398 g/mol. The second-order valence-corrected chi connectivity index (χ2v) is 6.37. The van der Waals surface area contributed by atoms with Crippen LogP contribution in [0.25, 0.3) is 17.1 Å². The second-order valence-electron chi connectivity index (χ2n) is 6.37. The third-order valence-corrected chi connectivity index (χ3v) is 4.56. The first kappa shape index (κ1) is 20.0. The first-order chi connectivity index (χ1) is 15.1. The Labute approximate surface area is 178 Å². The van der Waals surface area contributed by atoms with Crippen molar-refractivity contribution in [2.45, 2.75) is 0 Å². The van der Waals surface area contributed by atoms with Gasteiger partial charge in [-0.25, -0.2) is 4.98 Å². The van der Waals surface area contributed by atoms with E-state index in [2.05, 4.69) is 25.4 Å². The van der Waals surface area contributed by atoms with E-state index in [0.717, 1.165) is 11.1 Å². The molecule has 10 heteroatoms. The number of hydrogen-bond acceptors (Lipinski definition) is 9. The summed E-state index contributed by atoms with van der Waals surface area (Å²) in [6, 6.07) is 13.2. The fourth-order valence-electron chi connectivity index (χ4n) is 3.09. The SMILES string of the molecule is COc1cc(Nc2ncnc(-n3ncc(-c4ccccc4)c3N)n2)cc(OC)c1OC. The third-order valence-electron chi connectivity index (χ3n) is 4.56. The number of anilines is 3. The van der Waals surface area contributed by atoms with E-state index in [4.69, 9.17) is 19.9 Å². The van der Waals surface area contributed by atoms with E-state index in [0.29, 0.717) is 34.7 Å². The molecule has 31 heavy (non-hydrogen) atoms. The van der Waals surface area contributed by atoms with Gasteiger partial charge in [-0.2, -0.15) is 19.7 Å². The molecule has 0 saturated carbocycles. The highest BCUT2D eigenvalue weighted by atomic mass is 16.5. The Balaban J connectivity index is 1.65. The van der Waals surface area contributed by atoms with Gasteiger partial charge in [-0.05, 0) is 5.56 Å². The summed E-state index contributed by atoms with van der Waals surface area (Å²) in [5.74, 6) is 2.51. The Hall–Kier alpha value is -4.34. The van der Waals surface area contributed by atoms with Crippen LogP contribution in [-0.4, -0.2) is 46.1 Å². The molecular formula is C21H21N7O3. The highest BCUT2D eigenvalue weighted by molar-refractivity contribution is 5.74. The van der Waals surface area contributed by atoms with Crippen molar-refractivity contribution in [1.82, 2.24) is 24.7 Å². The normalized spacial score (nSPS) is 10.5. The van der Waals surface area contributed by atoms with Gasteiger partial charge in [0.1, 0.15) is 12.1 Å². The monoisotopic (exact) mass is 419 g/mol. The third kappa shape index (κ3) is 3.90. The van der Waals surface area contributed by atoms with Crippen LogP contribution in [0.15, 0.2) is 55.0 Å². The minimum absolute atomic E-state index is 0.282. The Bertz CT molecular complexity index is 1170. The maximum Gasteiger partial charge on any atom is 0.257 e. The summed E-state index contributed by atoms with van der Waals surface area (Å²) in [7, 11) is 4.64. The van der Waals surface area contributed by atoms with E-state index >= 15 is 0 Å². The van der Waals surface area contributed by atoms with Crippen molar-refractivity contribution in [3.05, 3.63) is 55.0 Å². The number of nitrogens with two attached hydrogens (primary N) is 1. The van der Waals surface area contributed by atoms with Gasteiger partial charge in [0.15, 0.2) is 11.5 Å². The lowest BCUT2D eigenvalue weighted by molar-refractivity contribution is 0.324. The number of hydrogen-bond donors (Lipinski definition) is 2. The Morgan fingerprint density at radius 1 is 0.935 bits per heavy atom. The van der Waals surface area contributed by atoms with Crippen LogP contribution < -0.4 is 25.3 Å². The zero-order valence-corrected chi connectivity index (χ0v) is 17.2. The van der Waals surface area contributed by atoms with Crippen LogP contribution in [-0.2, 0) is 0 Å². The maximum absolute atomic E-state index is 6.31. The molecule has 0 bridgehead atoms. The molecule has 4 aromatic rings. The molecule has 0 aliphatic rings. The highest BCUT2D eigenvalue weighted by Gasteiger charge is 2.16. The summed E-state index contributed by atoms with van der Waals surface area (Å²) in [5.41, 5.74) is 8.70. The van der Waals surface area contributed by atoms with E-state index in [1.54, 1.807) is 39.7 Å². The van der Waals surface area contributed by atoms with Crippen molar-refractivity contribution in [3.63, 3.8) is 0 Å². The van der Waals surface area contributed by atoms with E-state index in [1.165, 1.54) is 11.0 Å². The largest absolute Gasteiger partial charge is 0.493 e. The van der Waals surface area contributed by atoms with E-state index < -0.39 is 0 Å². The van der Waals surface area contributed by atoms with Gasteiger partial charge in [0.25, 0.3) is 5.95 Å². The average molecular weight is 419 g/mol. The number of ether oxygens (including phenoxy) is 3. The van der Waals surface area contributed by atoms with Crippen molar-refractivity contribution < 1.29 is 14.2 Å². The highest BCUT2D eigenvalue weighted by Crippen LogP contribution is 2.40. The molecule has 0 unspecified atom stereocenters. The van der Waals surface area contributed by atoms with E-state index in [1.807, 2.05) is 30.3 Å². The molecule has 2 aromatic carbocycles. The minimum Gasteiger partial charge on any atom is -0.493 e. The summed E-state index contributed by atoms with van der Waals surface area (Å²) in [6.45, 7) is 0. The lowest BCUT2D eigenvalue weighted by Crippen LogP contribution is -2.09. The summed E-state index contributed by atoms with van der Waals surface area (Å²) in [5, 5.41) is 7.46. The van der Waals surface area contributed by atoms with Gasteiger partial charge in [0.2, 0.25) is 11.7 Å². The van der Waals surface area contributed by atoms with Crippen LogP contribution in [0.3, 0.4) is 0 Å². The molecule has 0 saturated heterocycles. The number of methoxy groups -OCH3 is 3. The Kier molecular flexibility index (Phi) is 5.52. The molecule has 3 N–H and O–H groups in total. The quantitative estimate of drug-likeness (QED) is 0.465. The fraction of sp³-hybridized carbons (Fsp3) is 0.143. The molecule has 0 atom stereocenters. The van der Waals surface area contributed by atoms with Crippen LogP contribution >= 0.6 is 0 Å². The van der Waals surface area contributed by atoms with Crippen molar-refractivity contribution >= 4 is 17.5 Å². The number of aromatic nitrogens is 5. The summed E-state index contributed by atoms with van der Waals surface area (Å²) >= 11 is 0. The number of nitrogen functional groups attached to an aromatic ring is 1. The van der Waals surface area contributed by atoms with Crippen LogP contribution in [0.1, 0.15) is 0 Å². The topological polar surface area (TPSA) is 122 Å². The molecule has 0 fully saturated rings. The fourth-order valence-corrected chi connectivity index (χ4v) is 3.09. The zero-order chi connectivity index (χ0) is 21.8. The van der Waals surface area contributed by atoms with Gasteiger partial charge in [-0.1, -0.05) is 30.3 Å². The summed E-state index contributed by atoms with van der Waals surface area (Å²) in [4.78, 5) is 12.8. The first-order valence-corrected chi connectivity index (χ1v) is 9.30. The Morgan fingerprint density at radius 2 is 1.65 bits per heavy atom. The Morgan fingerprint density at radius 3 is 2.29 bits per heavy atom. The molecule has 158 valence electrons. The predicted molar refractivity (Wildman–Crippen MR) is 116 cm³/mol. The van der Waals surface area contributed by atoms with Gasteiger partial charge in [0, 0.05) is 23.4 Å². The van der Waals surface area contributed by atoms with Crippen LogP contribution in [0.2, 0.25) is 0 Å². The second kappa shape index (κ2) is 8.57. The summed E-state index contributed by atoms with van der Waals surface area (Å²) in [6.07, 6.45) is 3.06. The molecule has 0 aliphatic carbocycles. The number of nitrogens with one attached hydrogen (secondary N) is 1. The molecule has 0 spiro atoms. The molecule has 4 rings (SSSR count). The smallest absolute Gasteiger partial charge is 0.257 e. The lowest BCUT2D eigenvalue weighted by atomic mass is 10.1. The summed E-state index contributed by atoms with van der Waals surface area (Å²) < 4.78 is 17.6. The van der Waals surface area contributed by atoms with E-state index in [-0.39, 0.29) is 5.95 Å². The van der Waals surface area contributed by atoms with Gasteiger partial charge >= 0.3 is 0 Å². The van der Waals surface area contributed by atoms with Gasteiger partial charge < -0.3 is 25.3 Å². The predicted octanol–water partition coefficient (Wildman–Crippen LogP) is 3.08. The van der Waals surface area contributed by atoms with Crippen LogP contribution in [0.5, 0.6) is 17.2 Å². The maximum atomic E-state index is 6.31. The van der Waals surface area contributed by atoms with Crippen LogP contribution in [0.4, 0.5) is 17.5 Å². The molecule has 2 heterocycles. The van der Waals surface area contributed by atoms with Crippen molar-refractivity contribution in [2.24, 2.45) is 0 Å². The lowest BCUT2D eigenvalue weighted by Gasteiger charge is -2.14. The van der Waals surface area contributed by atoms with Gasteiger partial charge in [-0.3, -0.25) is 0 Å². The number of benzene rings is 2. The van der Waals surface area contributed by atoms with Crippen molar-refractivity contribution in [1.29, 1.82) is 0 Å². The number of nitrogens with zero attached hydrogens (tertiary/aromatic N) is 5. The molecule has 2 aromatic heterocycles. The molecule has 0 amide bonds. The van der Waals surface area contributed by atoms with Gasteiger partial charge in [-0.15, -0.1) is 0 Å². The van der Waals surface area contributed by atoms with Gasteiger partial charge in [0.05, 0.1) is 27.5 Å². The standard InChI is InChI=1S/C21H21N7O3/c1-29-16-9-14(10-17(30-2)18(16)31-3)26-20-23-12-24-21(27-20)28-19(22)15(11-25-28)13-7-5-4-6-8-13/h4-12H,22H2,1-3H3,(H,23,24,26,27). The molecule has 0 aliphatic heterocycles. The first-order valence-electron chi connectivity index (χ1n) is 9.30.